The van der Waals surface area contributed by atoms with E-state index in [0.29, 0.717) is 29.0 Å². The summed E-state index contributed by atoms with van der Waals surface area (Å²) in [6.45, 7) is 2.82. The van der Waals surface area contributed by atoms with E-state index in [1.807, 2.05) is 6.07 Å². The Bertz CT molecular complexity index is 755. The molecule has 6 heteroatoms. The van der Waals surface area contributed by atoms with Crippen LogP contribution in [0.4, 0.5) is 10.1 Å². The molecule has 114 valence electrons. The molecule has 0 atom stereocenters. The lowest BCUT2D eigenvalue weighted by atomic mass is 9.99. The highest BCUT2D eigenvalue weighted by molar-refractivity contribution is 7.12. The number of hydrogen-bond donors (Lipinski definition) is 2. The van der Waals surface area contributed by atoms with E-state index in [1.54, 1.807) is 11.4 Å². The summed E-state index contributed by atoms with van der Waals surface area (Å²) in [6.07, 6.45) is 0.609. The van der Waals surface area contributed by atoms with Gasteiger partial charge in [-0.25, -0.2) is 4.39 Å². The summed E-state index contributed by atoms with van der Waals surface area (Å²) in [5, 5.41) is 7.41. The molecule has 1 aliphatic rings. The molecule has 0 fully saturated rings. The second kappa shape index (κ2) is 5.98. The lowest BCUT2D eigenvalue weighted by molar-refractivity contribution is 0.101. The molecule has 0 bridgehead atoms. The third-order valence-electron chi connectivity index (χ3n) is 3.69. The zero-order valence-corrected chi connectivity index (χ0v) is 12.8. The van der Waals surface area contributed by atoms with E-state index < -0.39 is 5.91 Å². The molecule has 1 amide bonds. The van der Waals surface area contributed by atoms with Crippen LogP contribution in [0.25, 0.3) is 0 Å². The molecular formula is C16H15FN2O2S. The highest BCUT2D eigenvalue weighted by Gasteiger charge is 2.18. The quantitative estimate of drug-likeness (QED) is 0.855. The van der Waals surface area contributed by atoms with E-state index in [9.17, 15) is 14.0 Å². The summed E-state index contributed by atoms with van der Waals surface area (Å²) in [4.78, 5) is 23.8. The molecule has 22 heavy (non-hydrogen) atoms. The van der Waals surface area contributed by atoms with E-state index in [-0.39, 0.29) is 17.3 Å². The predicted molar refractivity (Wildman–Crippen MR) is 84.1 cm³/mol. The molecule has 0 saturated heterocycles. The Hall–Kier alpha value is -2.05. The number of carbonyl (C=O) groups excluding carboxylic acids is 2. The topological polar surface area (TPSA) is 58.2 Å². The smallest absolute Gasteiger partial charge is 0.265 e. The monoisotopic (exact) mass is 318 g/mol. The summed E-state index contributed by atoms with van der Waals surface area (Å²) in [6, 6.07) is 4.94. The van der Waals surface area contributed by atoms with Crippen LogP contribution in [-0.4, -0.2) is 18.2 Å². The lowest BCUT2D eigenvalue weighted by Gasteiger charge is -2.19. The average molecular weight is 318 g/mol. The fraction of sp³-hybridized carbons (Fsp3) is 0.250. The summed E-state index contributed by atoms with van der Waals surface area (Å²) >= 11 is 1.17. The Morgan fingerprint density at radius 3 is 2.91 bits per heavy atom. The Labute approximate surface area is 131 Å². The van der Waals surface area contributed by atoms with Crippen LogP contribution < -0.4 is 10.6 Å². The molecule has 1 aliphatic heterocycles. The van der Waals surface area contributed by atoms with Gasteiger partial charge in [0.2, 0.25) is 0 Å². The minimum atomic E-state index is -0.398. The van der Waals surface area contributed by atoms with Crippen molar-refractivity contribution in [2.75, 3.05) is 11.9 Å². The highest BCUT2D eigenvalue weighted by atomic mass is 32.1. The highest BCUT2D eigenvalue weighted by Crippen LogP contribution is 2.25. The second-order valence-corrected chi connectivity index (χ2v) is 6.11. The first-order chi connectivity index (χ1) is 10.6. The first-order valence-electron chi connectivity index (χ1n) is 6.98. The summed E-state index contributed by atoms with van der Waals surface area (Å²) < 4.78 is 14.5. The van der Waals surface area contributed by atoms with Crippen LogP contribution in [-0.2, 0) is 13.0 Å². The number of ketones is 1. The molecular weight excluding hydrogens is 303 g/mol. The van der Waals surface area contributed by atoms with Gasteiger partial charge in [-0.3, -0.25) is 9.59 Å². The lowest BCUT2D eigenvalue weighted by Crippen LogP contribution is -2.25. The van der Waals surface area contributed by atoms with Crippen molar-refractivity contribution in [1.29, 1.82) is 0 Å². The van der Waals surface area contributed by atoms with E-state index >= 15 is 0 Å². The minimum absolute atomic E-state index is 0.0947. The van der Waals surface area contributed by atoms with Gasteiger partial charge in [-0.2, -0.15) is 0 Å². The van der Waals surface area contributed by atoms with E-state index in [2.05, 4.69) is 10.6 Å². The predicted octanol–water partition coefficient (Wildman–Crippen LogP) is 2.99. The summed E-state index contributed by atoms with van der Waals surface area (Å²) in [5.41, 5.74) is 2.26. The summed E-state index contributed by atoms with van der Waals surface area (Å²) in [5.74, 6) is -0.858. The van der Waals surface area contributed by atoms with Crippen LogP contribution in [0.5, 0.6) is 0 Å². The normalized spacial score (nSPS) is 13.5. The number of amides is 1. The van der Waals surface area contributed by atoms with Crippen LogP contribution in [0.1, 0.15) is 38.1 Å². The van der Waals surface area contributed by atoms with Gasteiger partial charge in [-0.05, 0) is 43.1 Å². The Balaban J connectivity index is 1.83. The van der Waals surface area contributed by atoms with Gasteiger partial charge in [-0.15, -0.1) is 11.3 Å². The van der Waals surface area contributed by atoms with Crippen LogP contribution in [0.3, 0.4) is 0 Å². The number of benzene rings is 1. The van der Waals surface area contributed by atoms with E-state index in [4.69, 9.17) is 0 Å². The molecule has 0 saturated carbocycles. The fourth-order valence-electron chi connectivity index (χ4n) is 2.45. The molecule has 3 rings (SSSR count). The molecule has 2 heterocycles. The molecule has 1 aromatic heterocycles. The Morgan fingerprint density at radius 1 is 1.36 bits per heavy atom. The fourth-order valence-corrected chi connectivity index (χ4v) is 3.29. The van der Waals surface area contributed by atoms with E-state index in [1.165, 1.54) is 24.3 Å². The average Bonchev–Trinajstić information content (AvgIpc) is 3.00. The van der Waals surface area contributed by atoms with Crippen molar-refractivity contribution in [3.05, 3.63) is 51.0 Å². The number of carbonyl (C=O) groups is 2. The molecule has 0 aliphatic carbocycles. The molecule has 2 N–H and O–H groups in total. The number of thiophene rings is 1. The number of Topliss-reactive ketones (excluding diaryl/α,β-unsaturated/α-hetero) is 1. The van der Waals surface area contributed by atoms with Gasteiger partial charge in [0.15, 0.2) is 5.78 Å². The maximum atomic E-state index is 14.5. The van der Waals surface area contributed by atoms with Crippen LogP contribution in [0.15, 0.2) is 23.6 Å². The number of fused-ring (bicyclic) bond motifs is 1. The molecule has 0 radical (unpaired) electrons. The summed E-state index contributed by atoms with van der Waals surface area (Å²) in [7, 11) is 0. The van der Waals surface area contributed by atoms with Gasteiger partial charge >= 0.3 is 0 Å². The SMILES string of the molecule is CC(=O)c1csc(C(=O)Nc2ccc3c(c2F)CCNC3)c1. The molecule has 0 unspecified atom stereocenters. The maximum absolute atomic E-state index is 14.5. The first kappa shape index (κ1) is 14.9. The van der Waals surface area contributed by atoms with Gasteiger partial charge in [0.05, 0.1) is 10.6 Å². The van der Waals surface area contributed by atoms with Crippen molar-refractivity contribution in [3.63, 3.8) is 0 Å². The number of anilines is 1. The van der Waals surface area contributed by atoms with Crippen LogP contribution >= 0.6 is 11.3 Å². The number of nitrogens with one attached hydrogen (secondary N) is 2. The van der Waals surface area contributed by atoms with Gasteiger partial charge in [0.1, 0.15) is 5.82 Å². The van der Waals surface area contributed by atoms with Crippen molar-refractivity contribution < 1.29 is 14.0 Å². The Kier molecular flexibility index (Phi) is 4.04. The van der Waals surface area contributed by atoms with Crippen molar-refractivity contribution in [1.82, 2.24) is 5.32 Å². The zero-order valence-electron chi connectivity index (χ0n) is 12.0. The molecule has 0 spiro atoms. The minimum Gasteiger partial charge on any atom is -0.319 e. The maximum Gasteiger partial charge on any atom is 0.265 e. The van der Waals surface area contributed by atoms with Crippen molar-refractivity contribution >= 4 is 28.7 Å². The van der Waals surface area contributed by atoms with Gasteiger partial charge in [0, 0.05) is 17.5 Å². The van der Waals surface area contributed by atoms with Crippen molar-refractivity contribution in [2.24, 2.45) is 0 Å². The van der Waals surface area contributed by atoms with Crippen LogP contribution in [0.2, 0.25) is 0 Å². The number of halogens is 1. The number of rotatable bonds is 3. The van der Waals surface area contributed by atoms with Crippen LogP contribution in [0, 0.1) is 5.82 Å². The molecule has 1 aromatic carbocycles. The van der Waals surface area contributed by atoms with Crippen molar-refractivity contribution in [2.45, 2.75) is 19.9 Å². The third-order valence-corrected chi connectivity index (χ3v) is 4.61. The number of hydrogen-bond acceptors (Lipinski definition) is 4. The van der Waals surface area contributed by atoms with Gasteiger partial charge in [0.25, 0.3) is 5.91 Å². The van der Waals surface area contributed by atoms with Crippen molar-refractivity contribution in [3.8, 4) is 0 Å². The molecule has 2 aromatic rings. The molecule has 4 nitrogen and oxygen atoms in total. The van der Waals surface area contributed by atoms with E-state index in [0.717, 1.165) is 12.1 Å². The second-order valence-electron chi connectivity index (χ2n) is 5.20. The largest absolute Gasteiger partial charge is 0.319 e. The van der Waals surface area contributed by atoms with Gasteiger partial charge < -0.3 is 10.6 Å². The first-order valence-corrected chi connectivity index (χ1v) is 7.86. The van der Waals surface area contributed by atoms with Gasteiger partial charge in [-0.1, -0.05) is 6.07 Å². The standard InChI is InChI=1S/C16H15FN2O2S/c1-9(20)11-6-14(22-8-11)16(21)19-13-3-2-10-7-18-5-4-12(10)15(13)17/h2-3,6,8,18H,4-5,7H2,1H3,(H,19,21). The Morgan fingerprint density at radius 2 is 2.18 bits per heavy atom. The zero-order chi connectivity index (χ0) is 15.7. The third kappa shape index (κ3) is 2.80.